The third kappa shape index (κ3) is 2.74. The molecule has 1 aliphatic heterocycles. The maximum atomic E-state index is 13.8. The molecule has 0 amide bonds. The van der Waals surface area contributed by atoms with E-state index in [0.29, 0.717) is 19.1 Å². The Kier molecular flexibility index (Phi) is 4.48. The molecule has 112 valence electrons. The number of hydrogen-bond donors (Lipinski definition) is 0. The zero-order valence-corrected chi connectivity index (χ0v) is 13.3. The van der Waals surface area contributed by atoms with Crippen molar-refractivity contribution in [3.8, 4) is 0 Å². The van der Waals surface area contributed by atoms with Crippen molar-refractivity contribution in [2.45, 2.75) is 30.4 Å². The summed E-state index contributed by atoms with van der Waals surface area (Å²) in [6.45, 7) is 2.22. The summed E-state index contributed by atoms with van der Waals surface area (Å²) >= 11 is 2.91. The highest BCUT2D eigenvalue weighted by Gasteiger charge is 2.37. The topological polar surface area (TPSA) is 46.6 Å². The Balaban J connectivity index is 2.45. The van der Waals surface area contributed by atoms with Gasteiger partial charge in [0.15, 0.2) is 0 Å². The molecule has 0 saturated carbocycles. The maximum absolute atomic E-state index is 13.8. The Labute approximate surface area is 124 Å². The normalized spacial score (nSPS) is 23.5. The predicted octanol–water partition coefficient (Wildman–Crippen LogP) is 2.53. The largest absolute Gasteiger partial charge is 0.377 e. The number of nitrogens with zero attached hydrogens (tertiary/aromatic N) is 1. The van der Waals surface area contributed by atoms with E-state index in [1.807, 2.05) is 0 Å². The summed E-state index contributed by atoms with van der Waals surface area (Å²) < 4.78 is 58.2. The van der Waals surface area contributed by atoms with Crippen LogP contribution in [0.2, 0.25) is 0 Å². The first-order valence-corrected chi connectivity index (χ1v) is 8.22. The molecule has 0 aromatic heterocycles. The van der Waals surface area contributed by atoms with Crippen LogP contribution in [0.5, 0.6) is 0 Å². The van der Waals surface area contributed by atoms with Crippen LogP contribution < -0.4 is 0 Å². The fourth-order valence-electron chi connectivity index (χ4n) is 2.30. The zero-order valence-electron chi connectivity index (χ0n) is 10.9. The van der Waals surface area contributed by atoms with Crippen LogP contribution in [0.1, 0.15) is 13.3 Å². The third-order valence-electron chi connectivity index (χ3n) is 3.40. The van der Waals surface area contributed by atoms with Crippen LogP contribution in [0.3, 0.4) is 0 Å². The van der Waals surface area contributed by atoms with Crippen LogP contribution >= 0.6 is 15.9 Å². The van der Waals surface area contributed by atoms with Gasteiger partial charge >= 0.3 is 0 Å². The molecular weight excluding hydrogens is 356 g/mol. The van der Waals surface area contributed by atoms with Crippen LogP contribution in [0.15, 0.2) is 21.5 Å². The lowest BCUT2D eigenvalue weighted by Crippen LogP contribution is -2.41. The van der Waals surface area contributed by atoms with Crippen molar-refractivity contribution in [1.29, 1.82) is 0 Å². The van der Waals surface area contributed by atoms with E-state index < -0.39 is 26.6 Å². The first kappa shape index (κ1) is 15.8. The smallest absolute Gasteiger partial charge is 0.247 e. The summed E-state index contributed by atoms with van der Waals surface area (Å²) in [7, 11) is -2.69. The van der Waals surface area contributed by atoms with Gasteiger partial charge in [-0.15, -0.1) is 0 Å². The molecule has 2 atom stereocenters. The minimum absolute atomic E-state index is 0.131. The summed E-state index contributed by atoms with van der Waals surface area (Å²) in [5, 5.41) is 0. The average Bonchev–Trinajstić information content (AvgIpc) is 2.72. The van der Waals surface area contributed by atoms with Gasteiger partial charge < -0.3 is 4.74 Å². The Morgan fingerprint density at radius 3 is 2.55 bits per heavy atom. The van der Waals surface area contributed by atoms with Crippen molar-refractivity contribution in [3.63, 3.8) is 0 Å². The average molecular weight is 370 g/mol. The Bertz CT molecular complexity index is 600. The summed E-state index contributed by atoms with van der Waals surface area (Å²) in [5.41, 5.74) is 0. The van der Waals surface area contributed by atoms with Gasteiger partial charge in [-0.25, -0.2) is 17.2 Å². The molecule has 1 heterocycles. The lowest BCUT2D eigenvalue weighted by molar-refractivity contribution is 0.102. The maximum Gasteiger partial charge on any atom is 0.247 e. The quantitative estimate of drug-likeness (QED) is 0.822. The number of sulfonamides is 1. The Hall–Kier alpha value is -0.570. The van der Waals surface area contributed by atoms with Gasteiger partial charge in [-0.2, -0.15) is 4.31 Å². The van der Waals surface area contributed by atoms with Crippen LogP contribution in [-0.4, -0.2) is 38.5 Å². The predicted molar refractivity (Wildman–Crippen MR) is 72.8 cm³/mol. The molecule has 1 aromatic carbocycles. The van der Waals surface area contributed by atoms with Crippen molar-refractivity contribution in [1.82, 2.24) is 4.31 Å². The molecule has 2 rings (SSSR count). The lowest BCUT2D eigenvalue weighted by atomic mass is 10.2. The number of rotatable bonds is 3. The second-order valence-electron chi connectivity index (χ2n) is 4.65. The molecule has 1 saturated heterocycles. The first-order chi connectivity index (χ1) is 9.25. The van der Waals surface area contributed by atoms with Gasteiger partial charge in [0.05, 0.1) is 12.1 Å². The number of benzene rings is 1. The highest BCUT2D eigenvalue weighted by molar-refractivity contribution is 9.10. The highest BCUT2D eigenvalue weighted by Crippen LogP contribution is 2.31. The molecule has 0 bridgehead atoms. The van der Waals surface area contributed by atoms with E-state index in [9.17, 15) is 17.2 Å². The van der Waals surface area contributed by atoms with Gasteiger partial charge in [0.2, 0.25) is 10.0 Å². The van der Waals surface area contributed by atoms with Gasteiger partial charge in [0, 0.05) is 24.2 Å². The van der Waals surface area contributed by atoms with Gasteiger partial charge in [0.25, 0.3) is 0 Å². The first-order valence-electron chi connectivity index (χ1n) is 5.99. The molecule has 4 nitrogen and oxygen atoms in total. The van der Waals surface area contributed by atoms with Crippen molar-refractivity contribution in [2.75, 3.05) is 13.7 Å². The van der Waals surface area contributed by atoms with Crippen LogP contribution in [0.25, 0.3) is 0 Å². The van der Waals surface area contributed by atoms with Gasteiger partial charge in [-0.05, 0) is 35.3 Å². The third-order valence-corrected chi connectivity index (χ3v) is 6.25. The molecule has 8 heteroatoms. The van der Waals surface area contributed by atoms with E-state index >= 15 is 0 Å². The van der Waals surface area contributed by atoms with E-state index in [2.05, 4.69) is 15.9 Å². The molecule has 0 spiro atoms. The minimum Gasteiger partial charge on any atom is -0.377 e. The fraction of sp³-hybridized carbons (Fsp3) is 0.500. The SMILES string of the molecule is CC1OCCC1N(C)S(=O)(=O)c1c(F)cc(F)cc1Br. The molecule has 2 unspecified atom stereocenters. The number of halogens is 3. The molecule has 1 aliphatic rings. The molecular formula is C12H14BrF2NO3S. The summed E-state index contributed by atoms with van der Waals surface area (Å²) in [5.74, 6) is -1.95. The number of hydrogen-bond acceptors (Lipinski definition) is 3. The van der Waals surface area contributed by atoms with Crippen LogP contribution in [0, 0.1) is 11.6 Å². The van der Waals surface area contributed by atoms with E-state index in [0.717, 1.165) is 10.4 Å². The van der Waals surface area contributed by atoms with Crippen molar-refractivity contribution in [2.24, 2.45) is 0 Å². The molecule has 0 N–H and O–H groups in total. The summed E-state index contributed by atoms with van der Waals surface area (Å²) in [6.07, 6.45) is 0.272. The number of ether oxygens (including phenoxy) is 1. The zero-order chi connectivity index (χ0) is 15.1. The van der Waals surface area contributed by atoms with Crippen molar-refractivity contribution >= 4 is 26.0 Å². The highest BCUT2D eigenvalue weighted by atomic mass is 79.9. The Morgan fingerprint density at radius 1 is 1.40 bits per heavy atom. The lowest BCUT2D eigenvalue weighted by Gasteiger charge is -2.26. The van der Waals surface area contributed by atoms with E-state index in [-0.39, 0.29) is 16.6 Å². The monoisotopic (exact) mass is 369 g/mol. The van der Waals surface area contributed by atoms with Crippen LogP contribution in [0.4, 0.5) is 8.78 Å². The van der Waals surface area contributed by atoms with Crippen molar-refractivity contribution < 1.29 is 21.9 Å². The standard InChI is InChI=1S/C12H14BrF2NO3S/c1-7-11(3-4-19-7)16(2)20(17,18)12-9(13)5-8(14)6-10(12)15/h5-7,11H,3-4H2,1-2H3. The summed E-state index contributed by atoms with van der Waals surface area (Å²) in [6, 6.07) is 1.12. The second kappa shape index (κ2) is 5.67. The van der Waals surface area contributed by atoms with E-state index in [1.54, 1.807) is 6.92 Å². The van der Waals surface area contributed by atoms with Gasteiger partial charge in [0.1, 0.15) is 16.5 Å². The van der Waals surface area contributed by atoms with Crippen LogP contribution in [-0.2, 0) is 14.8 Å². The fourth-order valence-corrected chi connectivity index (χ4v) is 4.85. The second-order valence-corrected chi connectivity index (χ2v) is 7.44. The van der Waals surface area contributed by atoms with E-state index in [4.69, 9.17) is 4.74 Å². The molecule has 1 fully saturated rings. The molecule has 0 aliphatic carbocycles. The van der Waals surface area contributed by atoms with E-state index in [1.165, 1.54) is 7.05 Å². The minimum atomic E-state index is -4.07. The van der Waals surface area contributed by atoms with Gasteiger partial charge in [-0.3, -0.25) is 0 Å². The Morgan fingerprint density at radius 2 is 2.05 bits per heavy atom. The summed E-state index contributed by atoms with van der Waals surface area (Å²) in [4.78, 5) is -0.555. The molecule has 1 aromatic rings. The van der Waals surface area contributed by atoms with Gasteiger partial charge in [-0.1, -0.05) is 0 Å². The molecule has 0 radical (unpaired) electrons. The van der Waals surface area contributed by atoms with Crippen molar-refractivity contribution in [3.05, 3.63) is 28.2 Å². The molecule has 20 heavy (non-hydrogen) atoms. The number of likely N-dealkylation sites (N-methyl/N-ethyl adjacent to an activating group) is 1.